The summed E-state index contributed by atoms with van der Waals surface area (Å²) in [5.41, 5.74) is 5.59. The Kier molecular flexibility index (Phi) is 5.57. The van der Waals surface area contributed by atoms with Gasteiger partial charge in [-0.3, -0.25) is 0 Å². The monoisotopic (exact) mass is 271 g/mol. The zero-order valence-electron chi connectivity index (χ0n) is 8.99. The molecule has 0 radical (unpaired) electrons. The Hall–Kier alpha value is -1.14. The van der Waals surface area contributed by atoms with Crippen molar-refractivity contribution in [3.05, 3.63) is 23.8 Å². The van der Waals surface area contributed by atoms with Crippen molar-refractivity contribution in [1.29, 1.82) is 0 Å². The van der Waals surface area contributed by atoms with Crippen LogP contribution in [0.1, 0.15) is 18.0 Å². The van der Waals surface area contributed by atoms with Crippen molar-refractivity contribution in [1.82, 2.24) is 0 Å². The fourth-order valence-corrected chi connectivity index (χ4v) is 1.30. The Bertz CT molecular complexity index is 371. The number of halogens is 4. The lowest BCUT2D eigenvalue weighted by molar-refractivity contribution is -0.138. The normalized spacial score (nSPS) is 12.8. The Labute approximate surface area is 103 Å². The molecule has 3 N–H and O–H groups in total. The van der Waals surface area contributed by atoms with E-state index in [1.165, 1.54) is 25.3 Å². The van der Waals surface area contributed by atoms with Crippen LogP contribution in [-0.2, 0) is 0 Å². The minimum Gasteiger partial charge on any atom is -0.504 e. The van der Waals surface area contributed by atoms with Crippen LogP contribution in [0.3, 0.4) is 0 Å². The summed E-state index contributed by atoms with van der Waals surface area (Å²) in [6.07, 6.45) is -5.45. The first-order valence-electron chi connectivity index (χ1n) is 4.52. The fraction of sp³-hybridized carbons (Fsp3) is 0.400. The summed E-state index contributed by atoms with van der Waals surface area (Å²) in [5, 5.41) is 9.38. The van der Waals surface area contributed by atoms with Gasteiger partial charge < -0.3 is 15.6 Å². The summed E-state index contributed by atoms with van der Waals surface area (Å²) in [5.74, 6) is -0.0272. The van der Waals surface area contributed by atoms with Crippen molar-refractivity contribution in [3.8, 4) is 11.5 Å². The van der Waals surface area contributed by atoms with E-state index in [0.29, 0.717) is 0 Å². The molecule has 1 aromatic rings. The van der Waals surface area contributed by atoms with E-state index in [-0.39, 0.29) is 29.5 Å². The number of nitrogens with two attached hydrogens (primary N) is 1. The molecule has 0 saturated carbocycles. The highest BCUT2D eigenvalue weighted by molar-refractivity contribution is 5.85. The summed E-state index contributed by atoms with van der Waals surface area (Å²) in [6.45, 7) is 0. The number of phenols is 1. The van der Waals surface area contributed by atoms with Crippen LogP contribution in [0.4, 0.5) is 13.2 Å². The molecule has 7 heteroatoms. The molecule has 1 rings (SSSR count). The molecule has 0 spiro atoms. The molecule has 1 aromatic carbocycles. The van der Waals surface area contributed by atoms with Crippen molar-refractivity contribution < 1.29 is 23.0 Å². The van der Waals surface area contributed by atoms with Gasteiger partial charge in [-0.25, -0.2) is 0 Å². The number of hydrogen-bond acceptors (Lipinski definition) is 3. The lowest BCUT2D eigenvalue weighted by Gasteiger charge is -2.15. The fourth-order valence-electron chi connectivity index (χ4n) is 1.30. The maximum Gasteiger partial charge on any atom is 0.390 e. The SMILES string of the molecule is COc1ccc([C@H](N)CC(F)(F)F)cc1O.Cl. The van der Waals surface area contributed by atoms with Gasteiger partial charge >= 0.3 is 6.18 Å². The minimum absolute atomic E-state index is 0. The van der Waals surface area contributed by atoms with Crippen LogP contribution in [0.25, 0.3) is 0 Å². The Morgan fingerprint density at radius 1 is 1.41 bits per heavy atom. The lowest BCUT2D eigenvalue weighted by Crippen LogP contribution is -2.20. The average Bonchev–Trinajstić information content (AvgIpc) is 2.15. The van der Waals surface area contributed by atoms with Crippen LogP contribution < -0.4 is 10.5 Å². The van der Waals surface area contributed by atoms with Gasteiger partial charge in [-0.05, 0) is 17.7 Å². The molecule has 0 amide bonds. The second kappa shape index (κ2) is 5.97. The molecule has 0 fully saturated rings. The van der Waals surface area contributed by atoms with Crippen molar-refractivity contribution in [2.75, 3.05) is 7.11 Å². The number of ether oxygens (including phenoxy) is 1. The first kappa shape index (κ1) is 15.9. The van der Waals surface area contributed by atoms with E-state index >= 15 is 0 Å². The number of phenolic OH excluding ortho intramolecular Hbond substituents is 1. The molecule has 0 heterocycles. The summed E-state index contributed by atoms with van der Waals surface area (Å²) in [7, 11) is 1.35. The molecule has 0 bridgehead atoms. The molecule has 17 heavy (non-hydrogen) atoms. The smallest absolute Gasteiger partial charge is 0.390 e. The second-order valence-corrected chi connectivity index (χ2v) is 3.36. The van der Waals surface area contributed by atoms with Crippen LogP contribution in [0.15, 0.2) is 18.2 Å². The van der Waals surface area contributed by atoms with Gasteiger partial charge in [0.05, 0.1) is 13.5 Å². The number of benzene rings is 1. The van der Waals surface area contributed by atoms with Gasteiger partial charge in [-0.2, -0.15) is 13.2 Å². The van der Waals surface area contributed by atoms with E-state index in [0.717, 1.165) is 0 Å². The van der Waals surface area contributed by atoms with E-state index in [1.807, 2.05) is 0 Å². The molecular formula is C10H13ClF3NO2. The van der Waals surface area contributed by atoms with Crippen molar-refractivity contribution in [2.45, 2.75) is 18.6 Å². The summed E-state index contributed by atoms with van der Waals surface area (Å²) >= 11 is 0. The third-order valence-electron chi connectivity index (χ3n) is 2.08. The lowest BCUT2D eigenvalue weighted by atomic mass is 10.0. The average molecular weight is 272 g/mol. The van der Waals surface area contributed by atoms with Crippen LogP contribution in [-0.4, -0.2) is 18.4 Å². The number of hydrogen-bond donors (Lipinski definition) is 2. The van der Waals surface area contributed by atoms with Crippen LogP contribution in [0.5, 0.6) is 11.5 Å². The van der Waals surface area contributed by atoms with E-state index in [9.17, 15) is 18.3 Å². The van der Waals surface area contributed by atoms with Crippen LogP contribution >= 0.6 is 12.4 Å². The molecule has 0 aliphatic heterocycles. The molecule has 1 atom stereocenters. The first-order valence-corrected chi connectivity index (χ1v) is 4.52. The predicted octanol–water partition coefficient (Wildman–Crippen LogP) is 2.77. The summed E-state index contributed by atoms with van der Waals surface area (Å²) in [4.78, 5) is 0. The number of alkyl halides is 3. The highest BCUT2D eigenvalue weighted by Crippen LogP contribution is 2.32. The van der Waals surface area contributed by atoms with Crippen molar-refractivity contribution in [3.63, 3.8) is 0 Å². The van der Waals surface area contributed by atoms with Gasteiger partial charge in [-0.1, -0.05) is 6.07 Å². The maximum absolute atomic E-state index is 12.1. The van der Waals surface area contributed by atoms with Gasteiger partial charge in [0, 0.05) is 6.04 Å². The summed E-state index contributed by atoms with van der Waals surface area (Å²) in [6, 6.07) is 2.77. The van der Waals surface area contributed by atoms with Crippen molar-refractivity contribution >= 4 is 12.4 Å². The molecule has 0 aromatic heterocycles. The molecular weight excluding hydrogens is 259 g/mol. The molecule has 0 aliphatic rings. The van der Waals surface area contributed by atoms with E-state index < -0.39 is 18.6 Å². The quantitative estimate of drug-likeness (QED) is 0.889. The maximum atomic E-state index is 12.1. The van der Waals surface area contributed by atoms with Gasteiger partial charge in [0.15, 0.2) is 11.5 Å². The Morgan fingerprint density at radius 3 is 2.41 bits per heavy atom. The third-order valence-corrected chi connectivity index (χ3v) is 2.08. The van der Waals surface area contributed by atoms with Crippen molar-refractivity contribution in [2.24, 2.45) is 5.73 Å². The Balaban J connectivity index is 0.00000256. The van der Waals surface area contributed by atoms with Gasteiger partial charge in [-0.15, -0.1) is 12.4 Å². The molecule has 0 aliphatic carbocycles. The van der Waals surface area contributed by atoms with E-state index in [1.54, 1.807) is 0 Å². The predicted molar refractivity (Wildman–Crippen MR) is 59.5 cm³/mol. The first-order chi connectivity index (χ1) is 7.33. The third kappa shape index (κ3) is 4.70. The van der Waals surface area contributed by atoms with Crippen LogP contribution in [0.2, 0.25) is 0 Å². The number of methoxy groups -OCH3 is 1. The highest BCUT2D eigenvalue weighted by Gasteiger charge is 2.31. The standard InChI is InChI=1S/C10H12F3NO2.ClH/c1-16-9-3-2-6(4-8(9)15)7(14)5-10(11,12)13;/h2-4,7,15H,5,14H2,1H3;1H/t7-;/m1./s1. The number of aromatic hydroxyl groups is 1. The molecule has 3 nitrogen and oxygen atoms in total. The largest absolute Gasteiger partial charge is 0.504 e. The second-order valence-electron chi connectivity index (χ2n) is 3.36. The highest BCUT2D eigenvalue weighted by atomic mass is 35.5. The van der Waals surface area contributed by atoms with E-state index in [4.69, 9.17) is 10.5 Å². The molecule has 98 valence electrons. The van der Waals surface area contributed by atoms with E-state index in [2.05, 4.69) is 0 Å². The van der Waals surface area contributed by atoms with Gasteiger partial charge in [0.2, 0.25) is 0 Å². The molecule has 0 unspecified atom stereocenters. The van der Waals surface area contributed by atoms with Gasteiger partial charge in [0.1, 0.15) is 0 Å². The van der Waals surface area contributed by atoms with Crippen LogP contribution in [0, 0.1) is 0 Å². The zero-order valence-corrected chi connectivity index (χ0v) is 9.81. The summed E-state index contributed by atoms with van der Waals surface area (Å²) < 4.78 is 41.0. The molecule has 0 saturated heterocycles. The zero-order chi connectivity index (χ0) is 12.3. The Morgan fingerprint density at radius 2 is 2.00 bits per heavy atom. The van der Waals surface area contributed by atoms with Gasteiger partial charge in [0.25, 0.3) is 0 Å². The topological polar surface area (TPSA) is 55.5 Å². The number of rotatable bonds is 3. The minimum atomic E-state index is -4.32.